The van der Waals surface area contributed by atoms with Gasteiger partial charge >= 0.3 is 5.97 Å². The van der Waals surface area contributed by atoms with E-state index in [2.05, 4.69) is 10.3 Å². The highest BCUT2D eigenvalue weighted by atomic mass is 32.2. The van der Waals surface area contributed by atoms with E-state index in [1.165, 1.54) is 5.51 Å². The first-order valence-electron chi connectivity index (χ1n) is 9.58. The van der Waals surface area contributed by atoms with Gasteiger partial charge in [0.05, 0.1) is 21.9 Å². The Morgan fingerprint density at radius 2 is 2.00 bits per heavy atom. The molecule has 0 aliphatic heterocycles. The number of esters is 1. The molecule has 1 unspecified atom stereocenters. The number of benzene rings is 1. The summed E-state index contributed by atoms with van der Waals surface area (Å²) in [6, 6.07) is 3.07. The van der Waals surface area contributed by atoms with E-state index in [-0.39, 0.29) is 48.7 Å². The minimum absolute atomic E-state index is 0.0150. The Labute approximate surface area is 197 Å². The maximum atomic E-state index is 14.6. The molecule has 0 radical (unpaired) electrons. The van der Waals surface area contributed by atoms with E-state index < -0.39 is 33.3 Å². The van der Waals surface area contributed by atoms with Gasteiger partial charge in [0.1, 0.15) is 16.4 Å². The van der Waals surface area contributed by atoms with Gasteiger partial charge in [-0.25, -0.2) is 26.7 Å². The zero-order valence-corrected chi connectivity index (χ0v) is 21.1. The van der Waals surface area contributed by atoms with E-state index in [9.17, 15) is 22.4 Å². The number of rotatable bonds is 9. The Kier molecular flexibility index (Phi) is 8.50. The third kappa shape index (κ3) is 6.92. The molecule has 0 bridgehead atoms. The van der Waals surface area contributed by atoms with E-state index in [0.717, 1.165) is 33.6 Å². The molecule has 0 saturated carbocycles. The maximum Gasteiger partial charge on any atom is 0.360 e. The molecule has 0 aliphatic carbocycles. The van der Waals surface area contributed by atoms with Gasteiger partial charge in [-0.05, 0) is 54.4 Å². The number of nitrogens with zero attached hydrogens (tertiary/aromatic N) is 2. The average Bonchev–Trinajstić information content (AvgIpc) is 3.16. The monoisotopic (exact) mass is 517 g/mol. The molecule has 1 heterocycles. The standard InChI is InChI=1S/C19H25FN5O5PS2/c1-19(2,3)30-18(27)16-17(32-10-23-16)25(31-4)33(28,29)11-5-6-13(12(20)9-11)24-15(26)8-7-14(21)22/h5-6,9-10,31H,7-8H2,1-4H3,(H3,21,22)(H,24,26). The number of sulfonamides is 1. The number of carbonyl (C=O) groups excluding carboxylic acids is 2. The van der Waals surface area contributed by atoms with Crippen LogP contribution < -0.4 is 15.1 Å². The predicted octanol–water partition coefficient (Wildman–Crippen LogP) is 3.31. The largest absolute Gasteiger partial charge is 0.455 e. The molecule has 0 fully saturated rings. The van der Waals surface area contributed by atoms with Gasteiger partial charge in [-0.2, -0.15) is 0 Å². The highest BCUT2D eigenvalue weighted by Gasteiger charge is 2.32. The molecular weight excluding hydrogens is 492 g/mol. The van der Waals surface area contributed by atoms with Crippen LogP contribution in [0.4, 0.5) is 15.1 Å². The minimum Gasteiger partial charge on any atom is -0.455 e. The lowest BCUT2D eigenvalue weighted by Gasteiger charge is -2.23. The third-order valence-corrected chi connectivity index (χ3v) is 8.40. The topological polar surface area (TPSA) is 156 Å². The normalized spacial score (nSPS) is 12.0. The van der Waals surface area contributed by atoms with Crippen LogP contribution in [-0.2, 0) is 19.6 Å². The molecule has 1 aromatic heterocycles. The molecule has 4 N–H and O–H groups in total. The van der Waals surface area contributed by atoms with Crippen LogP contribution in [0.15, 0.2) is 28.6 Å². The fourth-order valence-electron chi connectivity index (χ4n) is 2.51. The van der Waals surface area contributed by atoms with Crippen LogP contribution in [0.25, 0.3) is 0 Å². The molecular formula is C19H25FN5O5PS2. The van der Waals surface area contributed by atoms with Gasteiger partial charge in [0.25, 0.3) is 10.0 Å². The van der Waals surface area contributed by atoms with E-state index >= 15 is 0 Å². The van der Waals surface area contributed by atoms with Crippen LogP contribution >= 0.6 is 20.1 Å². The maximum absolute atomic E-state index is 14.6. The lowest BCUT2D eigenvalue weighted by Crippen LogP contribution is -2.27. The lowest BCUT2D eigenvalue weighted by molar-refractivity contribution is -0.116. The van der Waals surface area contributed by atoms with Gasteiger partial charge in [-0.15, -0.1) is 11.3 Å². The van der Waals surface area contributed by atoms with Gasteiger partial charge in [0.2, 0.25) is 5.91 Å². The molecule has 14 heteroatoms. The second-order valence-corrected chi connectivity index (χ2v) is 11.6. The first-order valence-corrected chi connectivity index (χ1v) is 13.3. The van der Waals surface area contributed by atoms with Crippen molar-refractivity contribution in [3.05, 3.63) is 35.2 Å². The van der Waals surface area contributed by atoms with Crippen LogP contribution in [0, 0.1) is 11.2 Å². The van der Waals surface area contributed by atoms with Crippen LogP contribution in [-0.4, -0.2) is 43.4 Å². The molecule has 2 rings (SSSR count). The summed E-state index contributed by atoms with van der Waals surface area (Å²) in [4.78, 5) is 28.0. The van der Waals surface area contributed by atoms with Gasteiger partial charge < -0.3 is 15.8 Å². The number of anilines is 2. The molecule has 1 atom stereocenters. The van der Waals surface area contributed by atoms with Crippen molar-refractivity contribution < 1.29 is 27.1 Å². The second kappa shape index (κ2) is 10.5. The Hall–Kier alpha value is -2.63. The van der Waals surface area contributed by atoms with Crippen LogP contribution in [0.5, 0.6) is 0 Å². The Bertz CT molecular complexity index is 1160. The number of amides is 1. The van der Waals surface area contributed by atoms with Crippen LogP contribution in [0.2, 0.25) is 0 Å². The molecule has 0 saturated heterocycles. The van der Waals surface area contributed by atoms with Crippen molar-refractivity contribution in [2.45, 2.75) is 44.1 Å². The van der Waals surface area contributed by atoms with E-state index in [4.69, 9.17) is 15.9 Å². The van der Waals surface area contributed by atoms with Crippen molar-refractivity contribution >= 4 is 58.5 Å². The number of amidine groups is 1. The van der Waals surface area contributed by atoms with E-state index in [0.29, 0.717) is 0 Å². The summed E-state index contributed by atoms with van der Waals surface area (Å²) in [5, 5.41) is 9.51. The molecule has 1 amide bonds. The second-order valence-electron chi connectivity index (χ2n) is 7.72. The number of aromatic nitrogens is 1. The van der Waals surface area contributed by atoms with Gasteiger partial charge in [-0.1, -0.05) is 0 Å². The molecule has 180 valence electrons. The Morgan fingerprint density at radius 1 is 1.33 bits per heavy atom. The van der Waals surface area contributed by atoms with Gasteiger partial charge in [0.15, 0.2) is 5.69 Å². The summed E-state index contributed by atoms with van der Waals surface area (Å²) in [6.45, 7) is 6.62. The summed E-state index contributed by atoms with van der Waals surface area (Å²) in [6.07, 6.45) is -0.0977. The number of thiazole rings is 1. The SMILES string of the molecule is CPN(c1scnc1C(=O)OC(C)(C)C)S(=O)(=O)c1ccc(NC(=O)CCC(=N)N)c(F)c1. The van der Waals surface area contributed by atoms with Crippen molar-refractivity contribution in [1.82, 2.24) is 4.98 Å². The zero-order valence-electron chi connectivity index (χ0n) is 18.4. The summed E-state index contributed by atoms with van der Waals surface area (Å²) in [5.74, 6) is -2.47. The molecule has 0 spiro atoms. The number of hydrogen-bond acceptors (Lipinski definition) is 8. The third-order valence-electron chi connectivity index (χ3n) is 3.90. The summed E-state index contributed by atoms with van der Waals surface area (Å²) < 4.78 is 47.4. The van der Waals surface area contributed by atoms with Crippen molar-refractivity contribution in [3.8, 4) is 0 Å². The lowest BCUT2D eigenvalue weighted by atomic mass is 10.2. The fourth-order valence-corrected chi connectivity index (χ4v) is 6.56. The molecule has 33 heavy (non-hydrogen) atoms. The van der Waals surface area contributed by atoms with Crippen molar-refractivity contribution in [2.75, 3.05) is 16.1 Å². The first kappa shape index (κ1) is 26.6. The van der Waals surface area contributed by atoms with Crippen LogP contribution in [0.1, 0.15) is 44.1 Å². The Morgan fingerprint density at radius 3 is 2.55 bits per heavy atom. The quantitative estimate of drug-likeness (QED) is 0.199. The number of ether oxygens (including phenoxy) is 1. The number of carbonyl (C=O) groups is 2. The number of nitrogens with one attached hydrogen (secondary N) is 2. The van der Waals surface area contributed by atoms with Crippen LogP contribution in [0.3, 0.4) is 0 Å². The molecule has 0 aliphatic rings. The van der Waals surface area contributed by atoms with E-state index in [1.807, 2.05) is 0 Å². The molecule has 10 nitrogen and oxygen atoms in total. The van der Waals surface area contributed by atoms with Crippen molar-refractivity contribution in [1.29, 1.82) is 5.41 Å². The smallest absolute Gasteiger partial charge is 0.360 e. The van der Waals surface area contributed by atoms with Crippen molar-refractivity contribution in [3.63, 3.8) is 0 Å². The number of halogens is 1. The van der Waals surface area contributed by atoms with Gasteiger partial charge in [0, 0.05) is 12.8 Å². The molecule has 2 aromatic rings. The zero-order chi connectivity index (χ0) is 25.0. The summed E-state index contributed by atoms with van der Waals surface area (Å²) in [5.41, 5.74) is 5.37. The predicted molar refractivity (Wildman–Crippen MR) is 127 cm³/mol. The summed E-state index contributed by atoms with van der Waals surface area (Å²) in [7, 11) is -4.58. The minimum atomic E-state index is -4.25. The Balaban J connectivity index is 2.33. The molecule has 1 aromatic carbocycles. The number of hydrogen-bond donors (Lipinski definition) is 3. The highest BCUT2D eigenvalue weighted by molar-refractivity contribution is 7.98. The van der Waals surface area contributed by atoms with Crippen molar-refractivity contribution in [2.24, 2.45) is 5.73 Å². The number of nitrogens with two attached hydrogens (primary N) is 1. The van der Waals surface area contributed by atoms with Gasteiger partial charge in [-0.3, -0.25) is 10.2 Å². The fraction of sp³-hybridized carbons (Fsp3) is 0.368. The average molecular weight is 518 g/mol. The first-order chi connectivity index (χ1) is 15.3. The summed E-state index contributed by atoms with van der Waals surface area (Å²) >= 11 is 0.945. The van der Waals surface area contributed by atoms with E-state index in [1.54, 1.807) is 27.4 Å². The highest BCUT2D eigenvalue weighted by Crippen LogP contribution is 2.38.